The van der Waals surface area contributed by atoms with Crippen LogP contribution in [0.25, 0.3) is 0 Å². The van der Waals surface area contributed by atoms with Crippen LogP contribution < -0.4 is 21.3 Å². The molecule has 1 saturated heterocycles. The minimum Gasteiger partial charge on any atom is -0.480 e. The van der Waals surface area contributed by atoms with Gasteiger partial charge in [-0.1, -0.05) is 101 Å². The molecule has 1 aromatic carbocycles. The van der Waals surface area contributed by atoms with Crippen molar-refractivity contribution in [2.75, 3.05) is 26.2 Å². The zero-order valence-electron chi connectivity index (χ0n) is 29.4. The lowest BCUT2D eigenvalue weighted by Gasteiger charge is -2.25. The predicted molar refractivity (Wildman–Crippen MR) is 188 cm³/mol. The molecule has 2 rings (SSSR count). The number of carboxylic acids is 1. The van der Waals surface area contributed by atoms with Gasteiger partial charge in [0.05, 0.1) is 0 Å². The molecule has 12 nitrogen and oxygen atoms in total. The molecule has 5 amide bonds. The van der Waals surface area contributed by atoms with Gasteiger partial charge in [-0.2, -0.15) is 0 Å². The Hall–Kier alpha value is -3.96. The van der Waals surface area contributed by atoms with Crippen molar-refractivity contribution in [3.63, 3.8) is 0 Å². The normalized spacial score (nSPS) is 14.6. The Balaban J connectivity index is 1.51. The highest BCUT2D eigenvalue weighted by atomic mass is 16.4. The van der Waals surface area contributed by atoms with Crippen molar-refractivity contribution >= 4 is 35.5 Å². The maximum Gasteiger partial charge on any atom is 0.326 e. The van der Waals surface area contributed by atoms with Crippen LogP contribution in [0.4, 0.5) is 0 Å². The van der Waals surface area contributed by atoms with E-state index < -0.39 is 24.0 Å². The summed E-state index contributed by atoms with van der Waals surface area (Å²) in [6.45, 7) is 3.07. The summed E-state index contributed by atoms with van der Waals surface area (Å²) < 4.78 is 0. The van der Waals surface area contributed by atoms with Crippen LogP contribution in [0.1, 0.15) is 122 Å². The van der Waals surface area contributed by atoms with Crippen LogP contribution in [0, 0.1) is 0 Å². The molecule has 0 radical (unpaired) electrons. The maximum absolute atomic E-state index is 12.9. The fourth-order valence-corrected chi connectivity index (χ4v) is 5.95. The molecule has 1 heterocycles. The van der Waals surface area contributed by atoms with Gasteiger partial charge in [-0.15, -0.1) is 0 Å². The van der Waals surface area contributed by atoms with Gasteiger partial charge in [-0.25, -0.2) is 4.79 Å². The standard InChI is InChI=1S/C37H59N5O7/c1-2-3-4-5-6-7-8-9-10-11-15-20-32(43)38-24-21-33(44)39-25-22-34(45)40-26-23-35(46)42-27-16-19-31(42)36(47)41-30(37(48)49)28-29-17-13-12-14-18-29/h12-14,17-18,30-31H,2-11,15-16,19-28H2,1H3,(H,38,43)(H,39,44)(H,40,45)(H,41,47)(H,48,49). The van der Waals surface area contributed by atoms with Gasteiger partial charge in [0.25, 0.3) is 0 Å². The third kappa shape index (κ3) is 18.4. The molecule has 1 aliphatic heterocycles. The van der Waals surface area contributed by atoms with Crippen LogP contribution in [0.5, 0.6) is 0 Å². The van der Waals surface area contributed by atoms with E-state index in [4.69, 9.17) is 0 Å². The molecular formula is C37H59N5O7. The second kappa shape index (κ2) is 25.1. The number of nitrogens with zero attached hydrogens (tertiary/aromatic N) is 1. The second-order valence-electron chi connectivity index (χ2n) is 12.9. The Bertz CT molecular complexity index is 1160. The third-order valence-corrected chi connectivity index (χ3v) is 8.79. The summed E-state index contributed by atoms with van der Waals surface area (Å²) in [6, 6.07) is 7.13. The summed E-state index contributed by atoms with van der Waals surface area (Å²) in [5, 5.41) is 20.3. The molecule has 1 aromatic rings. The predicted octanol–water partition coefficient (Wildman–Crippen LogP) is 4.01. The molecular weight excluding hydrogens is 626 g/mol. The molecule has 0 bridgehead atoms. The molecule has 1 aliphatic rings. The van der Waals surface area contributed by atoms with Gasteiger partial charge < -0.3 is 31.3 Å². The van der Waals surface area contributed by atoms with Gasteiger partial charge in [-0.05, 0) is 24.8 Å². The Morgan fingerprint density at radius 1 is 0.714 bits per heavy atom. The first kappa shape index (κ1) is 41.2. The smallest absolute Gasteiger partial charge is 0.326 e. The summed E-state index contributed by atoms with van der Waals surface area (Å²) in [5.41, 5.74) is 0.776. The lowest BCUT2D eigenvalue weighted by molar-refractivity contribution is -0.143. The molecule has 0 spiro atoms. The lowest BCUT2D eigenvalue weighted by Crippen LogP contribution is -2.51. The van der Waals surface area contributed by atoms with E-state index in [0.717, 1.165) is 24.8 Å². The van der Waals surface area contributed by atoms with Gasteiger partial charge in [0, 0.05) is 58.3 Å². The highest BCUT2D eigenvalue weighted by molar-refractivity contribution is 5.91. The first-order chi connectivity index (χ1) is 23.7. The summed E-state index contributed by atoms with van der Waals surface area (Å²) >= 11 is 0. The van der Waals surface area contributed by atoms with E-state index >= 15 is 0 Å². The Labute approximate surface area is 291 Å². The minimum absolute atomic E-state index is 0.00680. The van der Waals surface area contributed by atoms with Crippen molar-refractivity contribution in [1.29, 1.82) is 0 Å². The summed E-state index contributed by atoms with van der Waals surface area (Å²) in [7, 11) is 0. The van der Waals surface area contributed by atoms with E-state index in [1.807, 2.05) is 6.07 Å². The van der Waals surface area contributed by atoms with Crippen molar-refractivity contribution in [2.24, 2.45) is 0 Å². The van der Waals surface area contributed by atoms with Crippen molar-refractivity contribution in [1.82, 2.24) is 26.2 Å². The number of hydrogen-bond donors (Lipinski definition) is 5. The van der Waals surface area contributed by atoms with Crippen LogP contribution in [0.2, 0.25) is 0 Å². The number of amides is 5. The monoisotopic (exact) mass is 685 g/mol. The molecule has 0 saturated carbocycles. The summed E-state index contributed by atoms with van der Waals surface area (Å²) in [5.74, 6) is -2.58. The first-order valence-corrected chi connectivity index (χ1v) is 18.4. The largest absolute Gasteiger partial charge is 0.480 e. The number of aliphatic carboxylic acids is 1. The maximum atomic E-state index is 12.9. The van der Waals surface area contributed by atoms with Crippen molar-refractivity contribution in [2.45, 2.75) is 135 Å². The van der Waals surface area contributed by atoms with E-state index in [1.165, 1.54) is 56.3 Å². The highest BCUT2D eigenvalue weighted by Crippen LogP contribution is 2.19. The summed E-state index contributed by atoms with van der Waals surface area (Å²) in [6.07, 6.45) is 15.3. The van der Waals surface area contributed by atoms with Gasteiger partial charge in [0.1, 0.15) is 12.1 Å². The van der Waals surface area contributed by atoms with E-state index in [2.05, 4.69) is 28.2 Å². The lowest BCUT2D eigenvalue weighted by atomic mass is 10.1. The van der Waals surface area contributed by atoms with Crippen LogP contribution in [-0.4, -0.2) is 83.8 Å². The number of carbonyl (C=O) groups is 6. The molecule has 5 N–H and O–H groups in total. The van der Waals surface area contributed by atoms with Crippen molar-refractivity contribution in [3.8, 4) is 0 Å². The van der Waals surface area contributed by atoms with Gasteiger partial charge >= 0.3 is 5.97 Å². The molecule has 2 atom stereocenters. The topological polar surface area (TPSA) is 174 Å². The second-order valence-corrected chi connectivity index (χ2v) is 12.9. The van der Waals surface area contributed by atoms with E-state index in [-0.39, 0.29) is 68.9 Å². The molecule has 12 heteroatoms. The number of carbonyl (C=O) groups excluding carboxylic acids is 5. The Kier molecular flexibility index (Phi) is 21.1. The SMILES string of the molecule is CCCCCCCCCCCCCC(=O)NCCC(=O)NCCC(=O)NCCC(=O)N1CCCC1C(=O)NC(Cc1ccccc1)C(=O)O. The summed E-state index contributed by atoms with van der Waals surface area (Å²) in [4.78, 5) is 75.4. The third-order valence-electron chi connectivity index (χ3n) is 8.79. The van der Waals surface area contributed by atoms with Crippen LogP contribution in [-0.2, 0) is 35.2 Å². The van der Waals surface area contributed by atoms with Gasteiger partial charge in [-0.3, -0.25) is 24.0 Å². The molecule has 274 valence electrons. The average molecular weight is 686 g/mol. The molecule has 49 heavy (non-hydrogen) atoms. The van der Waals surface area contributed by atoms with Gasteiger partial charge in [0.2, 0.25) is 29.5 Å². The van der Waals surface area contributed by atoms with Crippen LogP contribution in [0.3, 0.4) is 0 Å². The number of likely N-dealkylation sites (tertiary alicyclic amines) is 1. The van der Waals surface area contributed by atoms with E-state index in [0.29, 0.717) is 25.8 Å². The average Bonchev–Trinajstić information content (AvgIpc) is 3.58. The van der Waals surface area contributed by atoms with Crippen molar-refractivity contribution < 1.29 is 33.9 Å². The number of hydrogen-bond acceptors (Lipinski definition) is 6. The van der Waals surface area contributed by atoms with E-state index in [1.54, 1.807) is 24.3 Å². The number of carboxylic acid groups (broad SMARTS) is 1. The molecule has 0 aromatic heterocycles. The molecule has 2 unspecified atom stereocenters. The quantitative estimate of drug-likeness (QED) is 0.0917. The highest BCUT2D eigenvalue weighted by Gasteiger charge is 2.35. The van der Waals surface area contributed by atoms with E-state index in [9.17, 15) is 33.9 Å². The number of rotatable bonds is 26. The zero-order chi connectivity index (χ0) is 35.7. The first-order valence-electron chi connectivity index (χ1n) is 18.4. The Morgan fingerprint density at radius 3 is 1.78 bits per heavy atom. The Morgan fingerprint density at radius 2 is 1.22 bits per heavy atom. The molecule has 0 aliphatic carbocycles. The fraction of sp³-hybridized carbons (Fsp3) is 0.676. The number of unbranched alkanes of at least 4 members (excludes halogenated alkanes) is 10. The number of nitrogens with one attached hydrogen (secondary N) is 4. The zero-order valence-corrected chi connectivity index (χ0v) is 29.4. The van der Waals surface area contributed by atoms with Crippen LogP contribution in [0.15, 0.2) is 30.3 Å². The molecule has 1 fully saturated rings. The fourth-order valence-electron chi connectivity index (χ4n) is 5.95. The minimum atomic E-state index is -1.15. The van der Waals surface area contributed by atoms with Crippen molar-refractivity contribution in [3.05, 3.63) is 35.9 Å². The van der Waals surface area contributed by atoms with Gasteiger partial charge in [0.15, 0.2) is 0 Å². The number of benzene rings is 1. The van der Waals surface area contributed by atoms with Crippen LogP contribution >= 0.6 is 0 Å².